The number of phenols is 1. The third kappa shape index (κ3) is 3.09. The van der Waals surface area contributed by atoms with Crippen molar-refractivity contribution in [2.45, 2.75) is 11.8 Å². The summed E-state index contributed by atoms with van der Waals surface area (Å²) in [6.07, 6.45) is 1.72. The number of fused-ring (bicyclic) bond motifs is 1. The van der Waals surface area contributed by atoms with Crippen molar-refractivity contribution in [3.05, 3.63) is 71.8 Å². The van der Waals surface area contributed by atoms with Crippen LogP contribution in [0.5, 0.6) is 5.75 Å². The van der Waals surface area contributed by atoms with Gasteiger partial charge in [0.1, 0.15) is 5.75 Å². The van der Waals surface area contributed by atoms with Crippen LogP contribution in [0.15, 0.2) is 70.0 Å². The van der Waals surface area contributed by atoms with Gasteiger partial charge in [0.25, 0.3) is 0 Å². The summed E-state index contributed by atoms with van der Waals surface area (Å²) in [5, 5.41) is 12.1. The van der Waals surface area contributed by atoms with Crippen molar-refractivity contribution >= 4 is 28.9 Å². The van der Waals surface area contributed by atoms with Gasteiger partial charge in [0.15, 0.2) is 0 Å². The van der Waals surface area contributed by atoms with Gasteiger partial charge in [-0.2, -0.15) is 0 Å². The molecule has 2 nitrogen and oxygen atoms in total. The summed E-state index contributed by atoms with van der Waals surface area (Å²) in [4.78, 5) is 1.08. The molecule has 3 heteroatoms. The fraction of sp³-hybridized carbons (Fsp3) is 0.0556. The normalized spacial score (nSPS) is 11.3. The van der Waals surface area contributed by atoms with Gasteiger partial charge in [-0.05, 0) is 35.9 Å². The molecular formula is C18H15NOS. The minimum atomic E-state index is 0.252. The molecule has 1 N–H and O–H groups in total. The van der Waals surface area contributed by atoms with Crippen molar-refractivity contribution in [1.82, 2.24) is 0 Å². The van der Waals surface area contributed by atoms with E-state index in [4.69, 9.17) is 0 Å². The molecule has 0 bridgehead atoms. The first-order valence-corrected chi connectivity index (χ1v) is 7.49. The van der Waals surface area contributed by atoms with E-state index in [-0.39, 0.29) is 5.75 Å². The molecule has 0 aromatic heterocycles. The lowest BCUT2D eigenvalue weighted by Gasteiger charge is -2.04. The lowest BCUT2D eigenvalue weighted by atomic mass is 10.0. The number of aromatic hydroxyl groups is 1. The van der Waals surface area contributed by atoms with Crippen LogP contribution in [0.25, 0.3) is 10.8 Å². The van der Waals surface area contributed by atoms with Crippen molar-refractivity contribution in [1.29, 1.82) is 0 Å². The van der Waals surface area contributed by atoms with Crippen LogP contribution >= 0.6 is 11.9 Å². The van der Waals surface area contributed by atoms with Crippen LogP contribution < -0.4 is 0 Å². The third-order valence-corrected chi connectivity index (χ3v) is 4.00. The second kappa shape index (κ2) is 6.02. The molecule has 104 valence electrons. The van der Waals surface area contributed by atoms with E-state index < -0.39 is 0 Å². The Kier molecular flexibility index (Phi) is 3.93. The minimum absolute atomic E-state index is 0.252. The van der Waals surface area contributed by atoms with Gasteiger partial charge in [-0.3, -0.25) is 0 Å². The Labute approximate surface area is 128 Å². The van der Waals surface area contributed by atoms with E-state index >= 15 is 0 Å². The van der Waals surface area contributed by atoms with Crippen molar-refractivity contribution in [3.63, 3.8) is 0 Å². The van der Waals surface area contributed by atoms with Gasteiger partial charge in [-0.25, -0.2) is 4.40 Å². The molecule has 0 unspecified atom stereocenters. The number of aryl methyl sites for hydroxylation is 1. The summed E-state index contributed by atoms with van der Waals surface area (Å²) in [5.41, 5.74) is 1.99. The van der Waals surface area contributed by atoms with E-state index in [9.17, 15) is 5.11 Å². The van der Waals surface area contributed by atoms with Crippen LogP contribution in [0.1, 0.15) is 11.1 Å². The minimum Gasteiger partial charge on any atom is -0.507 e. The van der Waals surface area contributed by atoms with Gasteiger partial charge in [-0.15, -0.1) is 0 Å². The number of hydrogen-bond donors (Lipinski definition) is 1. The van der Waals surface area contributed by atoms with E-state index in [0.29, 0.717) is 0 Å². The number of nitrogens with zero attached hydrogens (tertiary/aromatic N) is 1. The van der Waals surface area contributed by atoms with Crippen LogP contribution in [0, 0.1) is 6.92 Å². The molecular weight excluding hydrogens is 278 g/mol. The molecule has 0 fully saturated rings. The Morgan fingerprint density at radius 2 is 1.71 bits per heavy atom. The second-order valence-electron chi connectivity index (χ2n) is 4.86. The van der Waals surface area contributed by atoms with Crippen LogP contribution in [0.2, 0.25) is 0 Å². The number of hydrogen-bond acceptors (Lipinski definition) is 3. The first-order valence-electron chi connectivity index (χ1n) is 6.72. The number of benzene rings is 3. The maximum atomic E-state index is 10.0. The lowest BCUT2D eigenvalue weighted by molar-refractivity contribution is 0.475. The topological polar surface area (TPSA) is 32.6 Å². The summed E-state index contributed by atoms with van der Waals surface area (Å²) in [7, 11) is 0. The maximum Gasteiger partial charge on any atom is 0.125 e. The van der Waals surface area contributed by atoms with Crippen LogP contribution in [-0.4, -0.2) is 11.3 Å². The van der Waals surface area contributed by atoms with E-state index in [0.717, 1.165) is 21.2 Å². The quantitative estimate of drug-likeness (QED) is 0.545. The summed E-state index contributed by atoms with van der Waals surface area (Å²) in [6, 6.07) is 19.8. The highest BCUT2D eigenvalue weighted by atomic mass is 32.2. The molecule has 0 heterocycles. The Balaban J connectivity index is 1.89. The first kappa shape index (κ1) is 13.7. The summed E-state index contributed by atoms with van der Waals surface area (Å²) in [5.74, 6) is 0.252. The number of phenolic OH excluding ortho intramolecular Hbond substituents is 1. The van der Waals surface area contributed by atoms with Gasteiger partial charge < -0.3 is 5.11 Å². The molecule has 0 aliphatic rings. The summed E-state index contributed by atoms with van der Waals surface area (Å²) in [6.45, 7) is 2.06. The third-order valence-electron chi connectivity index (χ3n) is 3.31. The van der Waals surface area contributed by atoms with Gasteiger partial charge in [0.2, 0.25) is 0 Å². The van der Waals surface area contributed by atoms with E-state index in [2.05, 4.69) is 23.5 Å². The monoisotopic (exact) mass is 293 g/mol. The lowest BCUT2D eigenvalue weighted by Crippen LogP contribution is -1.85. The highest BCUT2D eigenvalue weighted by Gasteiger charge is 2.04. The smallest absolute Gasteiger partial charge is 0.125 e. The highest BCUT2D eigenvalue weighted by Crippen LogP contribution is 2.27. The van der Waals surface area contributed by atoms with Gasteiger partial charge >= 0.3 is 0 Å². The summed E-state index contributed by atoms with van der Waals surface area (Å²) >= 11 is 1.40. The van der Waals surface area contributed by atoms with Crippen molar-refractivity contribution in [2.75, 3.05) is 0 Å². The zero-order valence-electron chi connectivity index (χ0n) is 11.7. The largest absolute Gasteiger partial charge is 0.507 e. The van der Waals surface area contributed by atoms with Crippen molar-refractivity contribution in [2.24, 2.45) is 4.40 Å². The van der Waals surface area contributed by atoms with Crippen molar-refractivity contribution < 1.29 is 5.11 Å². The molecule has 0 radical (unpaired) electrons. The zero-order valence-corrected chi connectivity index (χ0v) is 12.5. The first-order chi connectivity index (χ1) is 10.2. The SMILES string of the molecule is Cc1ccc(SN=Cc2c(O)ccc3ccccc23)cc1. The van der Waals surface area contributed by atoms with E-state index in [1.807, 2.05) is 42.5 Å². The standard InChI is InChI=1S/C18H15NOS/c1-13-6-9-15(10-7-13)21-19-12-17-16-5-3-2-4-14(16)8-11-18(17)20/h2-12,20H,1H3. The maximum absolute atomic E-state index is 10.0. The molecule has 3 aromatic rings. The molecule has 0 saturated heterocycles. The predicted molar refractivity (Wildman–Crippen MR) is 90.2 cm³/mol. The average Bonchev–Trinajstić information content (AvgIpc) is 2.51. The molecule has 0 spiro atoms. The Morgan fingerprint density at radius 3 is 2.52 bits per heavy atom. The van der Waals surface area contributed by atoms with Gasteiger partial charge in [0, 0.05) is 28.6 Å². The fourth-order valence-electron chi connectivity index (χ4n) is 2.16. The van der Waals surface area contributed by atoms with Crippen LogP contribution in [0.4, 0.5) is 0 Å². The average molecular weight is 293 g/mol. The molecule has 0 saturated carbocycles. The molecule has 0 aliphatic heterocycles. The van der Waals surface area contributed by atoms with E-state index in [1.54, 1.807) is 12.3 Å². The Bertz CT molecular complexity index is 794. The molecule has 3 aromatic carbocycles. The number of rotatable bonds is 3. The molecule has 21 heavy (non-hydrogen) atoms. The Hall–Kier alpha value is -2.26. The molecule has 0 aliphatic carbocycles. The van der Waals surface area contributed by atoms with Crippen LogP contribution in [0.3, 0.4) is 0 Å². The zero-order chi connectivity index (χ0) is 14.7. The molecule has 0 atom stereocenters. The highest BCUT2D eigenvalue weighted by molar-refractivity contribution is 7.98. The Morgan fingerprint density at radius 1 is 0.952 bits per heavy atom. The van der Waals surface area contributed by atoms with Gasteiger partial charge in [-0.1, -0.05) is 48.0 Å². The van der Waals surface area contributed by atoms with Crippen molar-refractivity contribution in [3.8, 4) is 5.75 Å². The summed E-state index contributed by atoms with van der Waals surface area (Å²) < 4.78 is 4.38. The van der Waals surface area contributed by atoms with Gasteiger partial charge in [0.05, 0.1) is 0 Å². The second-order valence-corrected chi connectivity index (χ2v) is 5.72. The van der Waals surface area contributed by atoms with Crippen LogP contribution in [-0.2, 0) is 0 Å². The molecule has 0 amide bonds. The fourth-order valence-corrected chi connectivity index (χ4v) is 2.70. The predicted octanol–water partition coefficient (Wildman–Crippen LogP) is 4.98. The van der Waals surface area contributed by atoms with E-state index in [1.165, 1.54) is 17.5 Å². The molecule has 3 rings (SSSR count).